The Bertz CT molecular complexity index is 350. The summed E-state index contributed by atoms with van der Waals surface area (Å²) >= 11 is 0. The first-order valence-corrected chi connectivity index (χ1v) is 7.53. The van der Waals surface area contributed by atoms with Crippen molar-refractivity contribution in [1.82, 2.24) is 9.80 Å². The van der Waals surface area contributed by atoms with Gasteiger partial charge in [0.05, 0.1) is 5.60 Å². The molecule has 1 atom stereocenters. The van der Waals surface area contributed by atoms with Crippen LogP contribution in [0.5, 0.6) is 0 Å². The molecular weight excluding hydrogens is 256 g/mol. The van der Waals surface area contributed by atoms with E-state index in [1.807, 2.05) is 6.92 Å². The molecule has 0 spiro atoms. The predicted molar refractivity (Wildman–Crippen MR) is 78.2 cm³/mol. The van der Waals surface area contributed by atoms with Crippen molar-refractivity contribution < 1.29 is 14.7 Å². The minimum Gasteiger partial charge on any atom is -0.389 e. The zero-order valence-electron chi connectivity index (χ0n) is 13.2. The van der Waals surface area contributed by atoms with Gasteiger partial charge in [0.1, 0.15) is 6.04 Å². The number of aliphatic hydroxyl groups is 1. The molecule has 5 nitrogen and oxygen atoms in total. The van der Waals surface area contributed by atoms with Crippen molar-refractivity contribution in [2.75, 3.05) is 20.1 Å². The third kappa shape index (κ3) is 4.78. The lowest BCUT2D eigenvalue weighted by Gasteiger charge is -2.38. The van der Waals surface area contributed by atoms with E-state index in [1.54, 1.807) is 30.7 Å². The van der Waals surface area contributed by atoms with Crippen LogP contribution in [-0.4, -0.2) is 58.5 Å². The van der Waals surface area contributed by atoms with Gasteiger partial charge in [0.15, 0.2) is 0 Å². The number of nitrogens with zero attached hydrogens (tertiary/aromatic N) is 2. The summed E-state index contributed by atoms with van der Waals surface area (Å²) < 4.78 is 0. The first-order chi connectivity index (χ1) is 9.26. The second-order valence-electron chi connectivity index (χ2n) is 6.36. The van der Waals surface area contributed by atoms with E-state index in [0.29, 0.717) is 13.0 Å². The van der Waals surface area contributed by atoms with Crippen LogP contribution in [0.3, 0.4) is 0 Å². The van der Waals surface area contributed by atoms with Gasteiger partial charge in [0, 0.05) is 26.6 Å². The van der Waals surface area contributed by atoms with Gasteiger partial charge in [-0.25, -0.2) is 0 Å². The van der Waals surface area contributed by atoms with Crippen LogP contribution in [0.15, 0.2) is 0 Å². The van der Waals surface area contributed by atoms with E-state index < -0.39 is 5.60 Å². The average molecular weight is 284 g/mol. The smallest absolute Gasteiger partial charge is 0.245 e. The van der Waals surface area contributed by atoms with Gasteiger partial charge < -0.3 is 14.9 Å². The fraction of sp³-hybridized carbons (Fsp3) is 0.867. The summed E-state index contributed by atoms with van der Waals surface area (Å²) in [6.07, 6.45) is 3.97. The van der Waals surface area contributed by atoms with Crippen molar-refractivity contribution in [3.8, 4) is 0 Å². The Morgan fingerprint density at radius 1 is 1.35 bits per heavy atom. The maximum Gasteiger partial charge on any atom is 0.245 e. The Kier molecular flexibility index (Phi) is 5.99. The van der Waals surface area contributed by atoms with Crippen molar-refractivity contribution in [2.24, 2.45) is 0 Å². The lowest BCUT2D eigenvalue weighted by atomic mass is 9.99. The summed E-state index contributed by atoms with van der Waals surface area (Å²) in [4.78, 5) is 27.9. The van der Waals surface area contributed by atoms with Crippen LogP contribution >= 0.6 is 0 Å². The third-order valence-electron chi connectivity index (χ3n) is 3.57. The quantitative estimate of drug-likeness (QED) is 0.830. The van der Waals surface area contributed by atoms with Gasteiger partial charge in [0.25, 0.3) is 0 Å². The number of rotatable bonds is 5. The summed E-state index contributed by atoms with van der Waals surface area (Å²) in [7, 11) is 1.69. The van der Waals surface area contributed by atoms with E-state index in [4.69, 9.17) is 0 Å². The Labute approximate surface area is 121 Å². The second kappa shape index (κ2) is 7.07. The molecule has 0 aliphatic carbocycles. The fourth-order valence-electron chi connectivity index (χ4n) is 2.76. The number of carbonyl (C=O) groups excluding carboxylic acids is 2. The summed E-state index contributed by atoms with van der Waals surface area (Å²) in [5.41, 5.74) is -0.919. The third-order valence-corrected chi connectivity index (χ3v) is 3.57. The monoisotopic (exact) mass is 284 g/mol. The highest BCUT2D eigenvalue weighted by Crippen LogP contribution is 2.20. The standard InChI is InChI=1S/C15H28N2O3/c1-5-8-13(18)17-10-7-6-9-12(17)14(19)16(4)11-15(2,3)20/h12,20H,5-11H2,1-4H3. The summed E-state index contributed by atoms with van der Waals surface area (Å²) in [5.74, 6) is 0.0125. The molecule has 0 aromatic rings. The predicted octanol–water partition coefficient (Wildman–Crippen LogP) is 1.40. The molecule has 1 saturated heterocycles. The Morgan fingerprint density at radius 3 is 2.55 bits per heavy atom. The molecule has 1 fully saturated rings. The molecule has 5 heteroatoms. The summed E-state index contributed by atoms with van der Waals surface area (Å²) in [6, 6.07) is -0.352. The zero-order chi connectivity index (χ0) is 15.3. The van der Waals surface area contributed by atoms with E-state index >= 15 is 0 Å². The number of hydrogen-bond acceptors (Lipinski definition) is 3. The van der Waals surface area contributed by atoms with Crippen molar-refractivity contribution in [3.63, 3.8) is 0 Å². The molecule has 0 saturated carbocycles. The molecule has 0 aromatic carbocycles. The molecular formula is C15H28N2O3. The molecule has 0 radical (unpaired) electrons. The Morgan fingerprint density at radius 2 is 2.00 bits per heavy atom. The van der Waals surface area contributed by atoms with Crippen LogP contribution in [0.25, 0.3) is 0 Å². The minimum absolute atomic E-state index is 0.0590. The Hall–Kier alpha value is -1.10. The molecule has 1 rings (SSSR count). The molecule has 0 bridgehead atoms. The highest BCUT2D eigenvalue weighted by molar-refractivity contribution is 5.87. The maximum absolute atomic E-state index is 12.5. The lowest BCUT2D eigenvalue weighted by molar-refractivity contribution is -0.148. The number of amides is 2. The van der Waals surface area contributed by atoms with Gasteiger partial charge in [-0.3, -0.25) is 9.59 Å². The van der Waals surface area contributed by atoms with Crippen molar-refractivity contribution in [2.45, 2.75) is 64.5 Å². The SMILES string of the molecule is CCCC(=O)N1CCCCC1C(=O)N(C)CC(C)(C)O. The molecule has 1 unspecified atom stereocenters. The van der Waals surface area contributed by atoms with Crippen LogP contribution in [0.4, 0.5) is 0 Å². The normalized spacial score (nSPS) is 19.9. The highest BCUT2D eigenvalue weighted by Gasteiger charge is 2.34. The summed E-state index contributed by atoms with van der Waals surface area (Å²) in [6.45, 7) is 6.28. The van der Waals surface area contributed by atoms with Crippen LogP contribution in [-0.2, 0) is 9.59 Å². The van der Waals surface area contributed by atoms with Gasteiger partial charge in [-0.1, -0.05) is 6.92 Å². The van der Waals surface area contributed by atoms with Crippen LogP contribution in [0, 0.1) is 0 Å². The summed E-state index contributed by atoms with van der Waals surface area (Å²) in [5, 5.41) is 9.82. The van der Waals surface area contributed by atoms with Crippen molar-refractivity contribution in [3.05, 3.63) is 0 Å². The number of piperidine rings is 1. The molecule has 1 heterocycles. The van der Waals surface area contributed by atoms with E-state index in [-0.39, 0.29) is 24.4 Å². The molecule has 1 aliphatic heterocycles. The van der Waals surface area contributed by atoms with E-state index in [9.17, 15) is 14.7 Å². The van der Waals surface area contributed by atoms with Crippen LogP contribution < -0.4 is 0 Å². The zero-order valence-corrected chi connectivity index (χ0v) is 13.2. The van der Waals surface area contributed by atoms with Gasteiger partial charge in [0.2, 0.25) is 11.8 Å². The van der Waals surface area contributed by atoms with Gasteiger partial charge in [-0.2, -0.15) is 0 Å². The number of hydrogen-bond donors (Lipinski definition) is 1. The van der Waals surface area contributed by atoms with E-state index in [1.165, 1.54) is 0 Å². The Balaban J connectivity index is 2.74. The lowest BCUT2D eigenvalue weighted by Crippen LogP contribution is -2.54. The minimum atomic E-state index is -0.919. The van der Waals surface area contributed by atoms with E-state index in [2.05, 4.69) is 0 Å². The van der Waals surface area contributed by atoms with Crippen molar-refractivity contribution in [1.29, 1.82) is 0 Å². The van der Waals surface area contributed by atoms with Gasteiger partial charge in [-0.15, -0.1) is 0 Å². The molecule has 116 valence electrons. The molecule has 1 N–H and O–H groups in total. The largest absolute Gasteiger partial charge is 0.389 e. The maximum atomic E-state index is 12.5. The molecule has 0 aromatic heterocycles. The molecule has 1 aliphatic rings. The number of likely N-dealkylation sites (tertiary alicyclic amines) is 1. The number of carbonyl (C=O) groups is 2. The number of likely N-dealkylation sites (N-methyl/N-ethyl adjacent to an activating group) is 1. The molecule has 2 amide bonds. The second-order valence-corrected chi connectivity index (χ2v) is 6.36. The van der Waals surface area contributed by atoms with Crippen molar-refractivity contribution >= 4 is 11.8 Å². The fourth-order valence-corrected chi connectivity index (χ4v) is 2.76. The molecule has 20 heavy (non-hydrogen) atoms. The van der Waals surface area contributed by atoms with Gasteiger partial charge in [-0.05, 0) is 39.5 Å². The first-order valence-electron chi connectivity index (χ1n) is 7.53. The highest BCUT2D eigenvalue weighted by atomic mass is 16.3. The van der Waals surface area contributed by atoms with Crippen LogP contribution in [0.2, 0.25) is 0 Å². The van der Waals surface area contributed by atoms with E-state index in [0.717, 1.165) is 25.7 Å². The van der Waals surface area contributed by atoms with Gasteiger partial charge >= 0.3 is 0 Å². The first kappa shape index (κ1) is 17.0. The average Bonchev–Trinajstić information content (AvgIpc) is 2.36. The topological polar surface area (TPSA) is 60.9 Å². The van der Waals surface area contributed by atoms with Crippen LogP contribution in [0.1, 0.15) is 52.9 Å².